The van der Waals surface area contributed by atoms with Crippen LogP contribution in [0.25, 0.3) is 11.3 Å². The van der Waals surface area contributed by atoms with Gasteiger partial charge in [0, 0.05) is 31.2 Å². The van der Waals surface area contributed by atoms with Crippen LogP contribution in [0.3, 0.4) is 0 Å². The molecule has 0 N–H and O–H groups in total. The maximum absolute atomic E-state index is 13.3. The maximum atomic E-state index is 13.3. The number of amides is 1. The Labute approximate surface area is 149 Å². The lowest BCUT2D eigenvalue weighted by molar-refractivity contribution is 0.0608. The second-order valence-electron chi connectivity index (χ2n) is 6.44. The standard InChI is InChI=1S/C18H17N7O/c26-18(13-12-21-25-10-3-7-19-17(13)25)23-9-2-1-4-15(23)14-6-11-24-16(22-14)5-8-20-24/h3,5-8,10-12,15H,1-2,4,9H2/t15-/m0/s1. The van der Waals surface area contributed by atoms with E-state index in [4.69, 9.17) is 4.98 Å². The highest BCUT2D eigenvalue weighted by molar-refractivity contribution is 5.99. The maximum Gasteiger partial charge on any atom is 0.259 e. The summed E-state index contributed by atoms with van der Waals surface area (Å²) in [6.45, 7) is 0.708. The number of nitrogens with zero attached hydrogens (tertiary/aromatic N) is 7. The molecule has 4 aromatic heterocycles. The van der Waals surface area contributed by atoms with Crippen LogP contribution in [-0.2, 0) is 0 Å². The molecule has 0 unspecified atom stereocenters. The third kappa shape index (κ3) is 2.33. The van der Waals surface area contributed by atoms with Gasteiger partial charge in [-0.3, -0.25) is 4.79 Å². The number of carbonyl (C=O) groups excluding carboxylic acids is 1. The molecular formula is C18H17N7O. The molecule has 0 aliphatic carbocycles. The molecular weight excluding hydrogens is 330 g/mol. The van der Waals surface area contributed by atoms with E-state index >= 15 is 0 Å². The van der Waals surface area contributed by atoms with Gasteiger partial charge in [-0.1, -0.05) is 0 Å². The van der Waals surface area contributed by atoms with Gasteiger partial charge in [0.1, 0.15) is 5.56 Å². The first-order chi connectivity index (χ1) is 12.8. The van der Waals surface area contributed by atoms with Gasteiger partial charge >= 0.3 is 0 Å². The minimum absolute atomic E-state index is 0.0430. The zero-order valence-corrected chi connectivity index (χ0v) is 14.1. The van der Waals surface area contributed by atoms with E-state index in [-0.39, 0.29) is 11.9 Å². The Morgan fingerprint density at radius 3 is 3.00 bits per heavy atom. The fourth-order valence-corrected chi connectivity index (χ4v) is 3.63. The number of aromatic nitrogens is 6. The van der Waals surface area contributed by atoms with Crippen LogP contribution < -0.4 is 0 Å². The number of hydrogen-bond acceptors (Lipinski definition) is 5. The molecule has 4 aromatic rings. The molecule has 0 aromatic carbocycles. The van der Waals surface area contributed by atoms with Crippen LogP contribution in [-0.4, -0.2) is 46.5 Å². The van der Waals surface area contributed by atoms with Crippen molar-refractivity contribution in [1.82, 2.24) is 34.1 Å². The minimum atomic E-state index is -0.0465. The average Bonchev–Trinajstić information content (AvgIpc) is 3.33. The fraction of sp³-hybridized carbons (Fsp3) is 0.278. The van der Waals surface area contributed by atoms with Crippen LogP contribution in [0.5, 0.6) is 0 Å². The van der Waals surface area contributed by atoms with Crippen molar-refractivity contribution in [2.45, 2.75) is 25.3 Å². The average molecular weight is 347 g/mol. The van der Waals surface area contributed by atoms with Crippen LogP contribution in [0.15, 0.2) is 49.2 Å². The van der Waals surface area contributed by atoms with E-state index in [1.807, 2.05) is 23.2 Å². The summed E-state index contributed by atoms with van der Waals surface area (Å²) in [6.07, 6.45) is 11.7. The number of hydrogen-bond donors (Lipinski definition) is 0. The molecule has 1 aliphatic rings. The first-order valence-corrected chi connectivity index (χ1v) is 8.71. The third-order valence-corrected chi connectivity index (χ3v) is 4.89. The van der Waals surface area contributed by atoms with Crippen LogP contribution in [0.4, 0.5) is 0 Å². The van der Waals surface area contributed by atoms with Gasteiger partial charge in [-0.2, -0.15) is 10.2 Å². The van der Waals surface area contributed by atoms with Gasteiger partial charge in [0.15, 0.2) is 11.3 Å². The molecule has 0 saturated carbocycles. The first-order valence-electron chi connectivity index (χ1n) is 8.71. The quantitative estimate of drug-likeness (QED) is 0.555. The van der Waals surface area contributed by atoms with Crippen LogP contribution in [0.2, 0.25) is 0 Å². The monoisotopic (exact) mass is 347 g/mol. The zero-order chi connectivity index (χ0) is 17.5. The SMILES string of the molecule is O=C(c1cnn2cccnc12)N1CCCC[C@H]1c1ccn2nccc2n1. The van der Waals surface area contributed by atoms with E-state index < -0.39 is 0 Å². The van der Waals surface area contributed by atoms with Crippen molar-refractivity contribution in [1.29, 1.82) is 0 Å². The van der Waals surface area contributed by atoms with Crippen LogP contribution >= 0.6 is 0 Å². The van der Waals surface area contributed by atoms with Crippen molar-refractivity contribution in [2.24, 2.45) is 0 Å². The Morgan fingerprint density at radius 2 is 2.04 bits per heavy atom. The van der Waals surface area contributed by atoms with Crippen LogP contribution in [0.1, 0.15) is 41.4 Å². The summed E-state index contributed by atoms with van der Waals surface area (Å²) in [6, 6.07) is 5.57. The van der Waals surface area contributed by atoms with Gasteiger partial charge < -0.3 is 4.90 Å². The Morgan fingerprint density at radius 1 is 1.08 bits per heavy atom. The molecule has 26 heavy (non-hydrogen) atoms. The van der Waals surface area contributed by atoms with E-state index in [1.54, 1.807) is 39.9 Å². The molecule has 5 rings (SSSR count). The molecule has 0 bridgehead atoms. The summed E-state index contributed by atoms with van der Waals surface area (Å²) in [5, 5.41) is 8.43. The van der Waals surface area contributed by atoms with Gasteiger partial charge in [0.25, 0.3) is 5.91 Å². The second-order valence-corrected chi connectivity index (χ2v) is 6.44. The van der Waals surface area contributed by atoms with Gasteiger partial charge in [-0.25, -0.2) is 19.0 Å². The molecule has 8 nitrogen and oxygen atoms in total. The van der Waals surface area contributed by atoms with Gasteiger partial charge in [0.05, 0.1) is 24.1 Å². The largest absolute Gasteiger partial charge is 0.330 e. The topological polar surface area (TPSA) is 80.7 Å². The summed E-state index contributed by atoms with van der Waals surface area (Å²) in [5.41, 5.74) is 2.80. The molecule has 1 fully saturated rings. The van der Waals surface area contributed by atoms with Crippen molar-refractivity contribution in [3.8, 4) is 0 Å². The lowest BCUT2D eigenvalue weighted by Gasteiger charge is -2.35. The number of rotatable bonds is 2. The molecule has 130 valence electrons. The van der Waals surface area contributed by atoms with Crippen molar-refractivity contribution < 1.29 is 4.79 Å². The van der Waals surface area contributed by atoms with Crippen LogP contribution in [0, 0.1) is 0 Å². The zero-order valence-electron chi connectivity index (χ0n) is 14.1. The summed E-state index contributed by atoms with van der Waals surface area (Å²) in [7, 11) is 0. The summed E-state index contributed by atoms with van der Waals surface area (Å²) in [4.78, 5) is 24.2. The smallest absolute Gasteiger partial charge is 0.259 e. The Bertz CT molecular complexity index is 1100. The Balaban J connectivity index is 1.54. The number of piperidine rings is 1. The molecule has 1 amide bonds. The number of likely N-dealkylation sites (tertiary alicyclic amines) is 1. The predicted molar refractivity (Wildman–Crippen MR) is 93.6 cm³/mol. The summed E-state index contributed by atoms with van der Waals surface area (Å²) < 4.78 is 3.36. The highest BCUT2D eigenvalue weighted by atomic mass is 16.2. The Kier molecular flexibility index (Phi) is 3.41. The van der Waals surface area contributed by atoms with Crippen molar-refractivity contribution in [3.05, 3.63) is 60.4 Å². The fourth-order valence-electron chi connectivity index (χ4n) is 3.63. The van der Waals surface area contributed by atoms with E-state index in [0.29, 0.717) is 17.8 Å². The van der Waals surface area contributed by atoms with Gasteiger partial charge in [0.2, 0.25) is 0 Å². The second kappa shape index (κ2) is 5.91. The lowest BCUT2D eigenvalue weighted by atomic mass is 9.98. The molecule has 1 saturated heterocycles. The van der Waals surface area contributed by atoms with Crippen molar-refractivity contribution in [3.63, 3.8) is 0 Å². The predicted octanol–water partition coefficient (Wildman–Crippen LogP) is 2.14. The Hall–Kier alpha value is -3.29. The van der Waals surface area contributed by atoms with E-state index in [9.17, 15) is 4.79 Å². The highest BCUT2D eigenvalue weighted by Crippen LogP contribution is 2.31. The molecule has 5 heterocycles. The number of fused-ring (bicyclic) bond motifs is 2. The molecule has 1 atom stereocenters. The molecule has 0 radical (unpaired) electrons. The molecule has 8 heteroatoms. The first kappa shape index (κ1) is 15.0. The summed E-state index contributed by atoms with van der Waals surface area (Å²) in [5.74, 6) is -0.0430. The van der Waals surface area contributed by atoms with E-state index in [1.165, 1.54) is 0 Å². The highest BCUT2D eigenvalue weighted by Gasteiger charge is 2.31. The lowest BCUT2D eigenvalue weighted by Crippen LogP contribution is -2.39. The minimum Gasteiger partial charge on any atom is -0.330 e. The third-order valence-electron chi connectivity index (χ3n) is 4.89. The van der Waals surface area contributed by atoms with Crippen molar-refractivity contribution in [2.75, 3.05) is 6.54 Å². The molecule has 0 spiro atoms. The number of carbonyl (C=O) groups is 1. The van der Waals surface area contributed by atoms with Crippen molar-refractivity contribution >= 4 is 17.2 Å². The summed E-state index contributed by atoms with van der Waals surface area (Å²) >= 11 is 0. The normalized spacial score (nSPS) is 17.8. The van der Waals surface area contributed by atoms with Gasteiger partial charge in [-0.05, 0) is 31.4 Å². The van der Waals surface area contributed by atoms with Gasteiger partial charge in [-0.15, -0.1) is 0 Å². The van der Waals surface area contributed by atoms with E-state index in [2.05, 4.69) is 15.2 Å². The van der Waals surface area contributed by atoms with E-state index in [0.717, 1.165) is 30.6 Å². The molecule has 1 aliphatic heterocycles.